The van der Waals surface area contributed by atoms with Gasteiger partial charge < -0.3 is 24.1 Å². The number of furan rings is 1. The summed E-state index contributed by atoms with van der Waals surface area (Å²) in [6.07, 6.45) is 3.75. The lowest BCUT2D eigenvalue weighted by Gasteiger charge is -2.27. The van der Waals surface area contributed by atoms with Crippen LogP contribution in [0.25, 0.3) is 0 Å². The van der Waals surface area contributed by atoms with Gasteiger partial charge in [0, 0.05) is 13.0 Å². The largest absolute Gasteiger partial charge is 0.503 e. The number of benzene rings is 1. The zero-order valence-corrected chi connectivity index (χ0v) is 17.3. The topological polar surface area (TPSA) is 84.4 Å². The maximum Gasteiger partial charge on any atom is 0.290 e. The van der Waals surface area contributed by atoms with Crippen molar-refractivity contribution in [2.75, 3.05) is 33.8 Å². The molecular weight excluding hydrogens is 384 g/mol. The summed E-state index contributed by atoms with van der Waals surface area (Å²) in [5.41, 5.74) is 0.703. The maximum absolute atomic E-state index is 13.1. The van der Waals surface area contributed by atoms with Gasteiger partial charge in [0.2, 0.25) is 5.78 Å². The number of carbonyl (C=O) groups excluding carboxylic acids is 2. The molecular formula is C23H27N2O5+. The second-order valence-electron chi connectivity index (χ2n) is 7.45. The average Bonchev–Trinajstić information content (AvgIpc) is 3.35. The molecule has 0 spiro atoms. The van der Waals surface area contributed by atoms with Crippen LogP contribution in [0, 0.1) is 0 Å². The lowest BCUT2D eigenvalue weighted by molar-refractivity contribution is -0.858. The van der Waals surface area contributed by atoms with E-state index in [2.05, 4.69) is 6.58 Å². The summed E-state index contributed by atoms with van der Waals surface area (Å²) in [6.45, 7) is 5.24. The molecule has 2 heterocycles. The number of nitrogens with zero attached hydrogens (tertiary/aromatic N) is 1. The van der Waals surface area contributed by atoms with Crippen LogP contribution in [0.15, 0.2) is 71.1 Å². The van der Waals surface area contributed by atoms with Crippen LogP contribution >= 0.6 is 0 Å². The third-order valence-electron chi connectivity index (χ3n) is 4.91. The Morgan fingerprint density at radius 2 is 2.13 bits per heavy atom. The van der Waals surface area contributed by atoms with E-state index in [0.717, 1.165) is 13.0 Å². The molecule has 2 N–H and O–H groups in total. The number of Topliss-reactive ketones (excluding diaryl/α,β-unsaturated/α-hetero) is 1. The zero-order chi connectivity index (χ0) is 21.7. The molecule has 1 aromatic heterocycles. The predicted octanol–water partition coefficient (Wildman–Crippen LogP) is 1.96. The molecule has 1 aromatic carbocycles. The van der Waals surface area contributed by atoms with Gasteiger partial charge in [-0.1, -0.05) is 24.8 Å². The third-order valence-corrected chi connectivity index (χ3v) is 4.91. The van der Waals surface area contributed by atoms with Crippen molar-refractivity contribution in [1.82, 2.24) is 4.90 Å². The summed E-state index contributed by atoms with van der Waals surface area (Å²) in [5.74, 6) is -0.923. The number of amides is 1. The molecule has 7 heteroatoms. The number of carbonyl (C=O) groups is 2. The van der Waals surface area contributed by atoms with Crippen molar-refractivity contribution >= 4 is 11.7 Å². The third kappa shape index (κ3) is 4.46. The van der Waals surface area contributed by atoms with Crippen molar-refractivity contribution < 1.29 is 28.7 Å². The first-order valence-corrected chi connectivity index (χ1v) is 9.89. The molecule has 7 nitrogen and oxygen atoms in total. The van der Waals surface area contributed by atoms with Crippen molar-refractivity contribution in [3.05, 3.63) is 78.0 Å². The van der Waals surface area contributed by atoms with E-state index in [1.165, 1.54) is 17.2 Å². The standard InChI is InChI=1S/C23H26N2O5/c1-4-13-29-17-9-5-8-16(15-17)20-19(21(26)18-10-6-14-30-18)22(27)23(28)25(20)12-7-11-24(2)3/h4-6,8-10,14-15,20,27H,1,7,11-13H2,2-3H3/p+1/t20-/m1/s1. The summed E-state index contributed by atoms with van der Waals surface area (Å²) < 4.78 is 10.9. The molecule has 30 heavy (non-hydrogen) atoms. The number of aliphatic hydroxyl groups is 1. The Kier molecular flexibility index (Phi) is 6.74. The molecule has 158 valence electrons. The van der Waals surface area contributed by atoms with E-state index >= 15 is 0 Å². The van der Waals surface area contributed by atoms with Crippen LogP contribution in [0.3, 0.4) is 0 Å². The van der Waals surface area contributed by atoms with Gasteiger partial charge in [0.15, 0.2) is 11.5 Å². The van der Waals surface area contributed by atoms with Crippen molar-refractivity contribution in [3.63, 3.8) is 0 Å². The minimum Gasteiger partial charge on any atom is -0.503 e. The molecule has 1 amide bonds. The highest BCUT2D eigenvalue weighted by molar-refractivity contribution is 6.15. The fourth-order valence-corrected chi connectivity index (χ4v) is 3.54. The van der Waals surface area contributed by atoms with Gasteiger partial charge in [-0.25, -0.2) is 0 Å². The van der Waals surface area contributed by atoms with Crippen LogP contribution in [0.2, 0.25) is 0 Å². The minimum atomic E-state index is -0.723. The second-order valence-corrected chi connectivity index (χ2v) is 7.45. The quantitative estimate of drug-likeness (QED) is 0.461. The van der Waals surface area contributed by atoms with Gasteiger partial charge in [0.1, 0.15) is 12.4 Å². The van der Waals surface area contributed by atoms with Crippen LogP contribution in [0.5, 0.6) is 5.75 Å². The molecule has 0 saturated carbocycles. The van der Waals surface area contributed by atoms with Gasteiger partial charge in [-0.3, -0.25) is 9.59 Å². The Labute approximate surface area is 175 Å². The molecule has 0 saturated heterocycles. The lowest BCUT2D eigenvalue weighted by Crippen LogP contribution is -3.05. The van der Waals surface area contributed by atoms with Gasteiger partial charge in [-0.05, 0) is 29.8 Å². The van der Waals surface area contributed by atoms with Crippen molar-refractivity contribution in [1.29, 1.82) is 0 Å². The predicted molar refractivity (Wildman–Crippen MR) is 112 cm³/mol. The summed E-state index contributed by atoms with van der Waals surface area (Å²) in [5, 5.41) is 10.6. The molecule has 0 fully saturated rings. The molecule has 0 aliphatic carbocycles. The normalized spacial score (nSPS) is 16.4. The number of nitrogens with one attached hydrogen (secondary N) is 1. The fourth-order valence-electron chi connectivity index (χ4n) is 3.54. The van der Waals surface area contributed by atoms with E-state index < -0.39 is 23.5 Å². The van der Waals surface area contributed by atoms with Crippen LogP contribution in [0.4, 0.5) is 0 Å². The number of quaternary nitrogens is 1. The number of rotatable bonds is 10. The Morgan fingerprint density at radius 3 is 2.80 bits per heavy atom. The number of ether oxygens (including phenoxy) is 1. The Bertz CT molecular complexity index is 946. The summed E-state index contributed by atoms with van der Waals surface area (Å²) >= 11 is 0. The fraction of sp³-hybridized carbons (Fsp3) is 0.304. The van der Waals surface area contributed by atoms with E-state index in [1.54, 1.807) is 35.2 Å². The van der Waals surface area contributed by atoms with Gasteiger partial charge in [-0.15, -0.1) is 0 Å². The highest BCUT2D eigenvalue weighted by Gasteiger charge is 2.44. The molecule has 0 radical (unpaired) electrons. The molecule has 2 aromatic rings. The molecule has 0 unspecified atom stereocenters. The lowest BCUT2D eigenvalue weighted by atomic mass is 9.95. The van der Waals surface area contributed by atoms with Crippen molar-refractivity contribution in [2.45, 2.75) is 12.5 Å². The van der Waals surface area contributed by atoms with Gasteiger partial charge in [0.05, 0.1) is 38.5 Å². The Balaban J connectivity index is 2.00. The molecule has 3 rings (SSSR count). The first-order valence-electron chi connectivity index (χ1n) is 9.89. The average molecular weight is 411 g/mol. The molecule has 1 aliphatic rings. The SMILES string of the molecule is C=CCOc1cccc([C@@H]2C(C(=O)c3ccco3)=C(O)C(=O)N2CCC[NH+](C)C)c1. The number of hydrogen-bond donors (Lipinski definition) is 2. The van der Waals surface area contributed by atoms with Crippen LogP contribution in [-0.2, 0) is 4.79 Å². The Morgan fingerprint density at radius 1 is 1.33 bits per heavy atom. The number of hydrogen-bond acceptors (Lipinski definition) is 5. The highest BCUT2D eigenvalue weighted by atomic mass is 16.5. The summed E-state index contributed by atoms with van der Waals surface area (Å²) in [6, 6.07) is 9.58. The van der Waals surface area contributed by atoms with Gasteiger partial charge in [-0.2, -0.15) is 0 Å². The summed E-state index contributed by atoms with van der Waals surface area (Å²) in [7, 11) is 4.07. The molecule has 0 bridgehead atoms. The van der Waals surface area contributed by atoms with E-state index in [4.69, 9.17) is 9.15 Å². The maximum atomic E-state index is 13.1. The first kappa shape index (κ1) is 21.4. The van der Waals surface area contributed by atoms with Gasteiger partial charge in [0.25, 0.3) is 5.91 Å². The van der Waals surface area contributed by atoms with Gasteiger partial charge >= 0.3 is 0 Å². The van der Waals surface area contributed by atoms with Crippen LogP contribution in [0.1, 0.15) is 28.6 Å². The zero-order valence-electron chi connectivity index (χ0n) is 17.3. The van der Waals surface area contributed by atoms with E-state index in [9.17, 15) is 14.7 Å². The van der Waals surface area contributed by atoms with E-state index in [-0.39, 0.29) is 11.3 Å². The summed E-state index contributed by atoms with van der Waals surface area (Å²) in [4.78, 5) is 28.8. The van der Waals surface area contributed by atoms with E-state index in [0.29, 0.717) is 24.5 Å². The monoisotopic (exact) mass is 411 g/mol. The Hall–Kier alpha value is -3.32. The minimum absolute atomic E-state index is 0.0213. The second kappa shape index (κ2) is 9.45. The van der Waals surface area contributed by atoms with E-state index in [1.807, 2.05) is 20.2 Å². The molecule has 1 aliphatic heterocycles. The highest BCUT2D eigenvalue weighted by Crippen LogP contribution is 2.39. The van der Waals surface area contributed by atoms with Crippen molar-refractivity contribution in [3.8, 4) is 5.75 Å². The van der Waals surface area contributed by atoms with Crippen LogP contribution < -0.4 is 9.64 Å². The number of ketones is 1. The first-order chi connectivity index (χ1) is 14.4. The smallest absolute Gasteiger partial charge is 0.290 e. The number of aliphatic hydroxyl groups excluding tert-OH is 1. The van der Waals surface area contributed by atoms with Crippen LogP contribution in [-0.4, -0.2) is 55.5 Å². The molecule has 1 atom stereocenters. The van der Waals surface area contributed by atoms with Crippen molar-refractivity contribution in [2.24, 2.45) is 0 Å².